The molecule has 2 fully saturated rings. The molecule has 2 rings (SSSR count). The van der Waals surface area contributed by atoms with Crippen LogP contribution in [-0.2, 0) is 9.53 Å². The van der Waals surface area contributed by atoms with Gasteiger partial charge in [-0.1, -0.05) is 0 Å². The number of hydrogen-bond donors (Lipinski definition) is 1. The predicted octanol–water partition coefficient (Wildman–Crippen LogP) is 0.113. The zero-order valence-corrected chi connectivity index (χ0v) is 8.61. The summed E-state index contributed by atoms with van der Waals surface area (Å²) < 4.78 is 5.55. The second kappa shape index (κ2) is 3.87. The van der Waals surface area contributed by atoms with Gasteiger partial charge in [-0.2, -0.15) is 0 Å². The van der Waals surface area contributed by atoms with Crippen molar-refractivity contribution in [2.24, 2.45) is 5.73 Å². The van der Waals surface area contributed by atoms with Gasteiger partial charge in [-0.3, -0.25) is 4.79 Å². The molecular weight excluding hydrogens is 180 g/mol. The van der Waals surface area contributed by atoms with Crippen LogP contribution in [0, 0.1) is 0 Å². The molecule has 1 aliphatic carbocycles. The Labute approximate surface area is 84.4 Å². The van der Waals surface area contributed by atoms with E-state index in [4.69, 9.17) is 10.5 Å². The summed E-state index contributed by atoms with van der Waals surface area (Å²) in [7, 11) is 0. The van der Waals surface area contributed by atoms with Gasteiger partial charge in [-0.15, -0.1) is 0 Å². The van der Waals surface area contributed by atoms with Gasteiger partial charge < -0.3 is 15.4 Å². The molecule has 1 saturated heterocycles. The highest BCUT2D eigenvalue weighted by Gasteiger charge is 2.45. The van der Waals surface area contributed by atoms with Gasteiger partial charge in [0, 0.05) is 25.6 Å². The Balaban J connectivity index is 1.97. The molecule has 0 aromatic heterocycles. The largest absolute Gasteiger partial charge is 0.376 e. The summed E-state index contributed by atoms with van der Waals surface area (Å²) in [6.07, 6.45) is 2.72. The van der Waals surface area contributed by atoms with Crippen molar-refractivity contribution in [1.82, 2.24) is 4.90 Å². The average Bonchev–Trinajstić information content (AvgIpc) is 2.52. The number of carbonyl (C=O) groups is 1. The van der Waals surface area contributed by atoms with Crippen LogP contribution in [0.5, 0.6) is 0 Å². The van der Waals surface area contributed by atoms with E-state index in [1.807, 2.05) is 11.8 Å². The Morgan fingerprint density at radius 3 is 2.93 bits per heavy atom. The molecule has 14 heavy (non-hydrogen) atoms. The summed E-state index contributed by atoms with van der Waals surface area (Å²) in [5.41, 5.74) is 5.91. The normalized spacial score (nSPS) is 37.4. The van der Waals surface area contributed by atoms with Crippen LogP contribution in [0.15, 0.2) is 0 Å². The standard InChI is InChI=1S/C10H18N2O2/c1-2-14-8-6-7(11)10(8)12-5-3-4-9(12)13/h7-8,10H,2-6,11H2,1H3. The molecule has 1 amide bonds. The van der Waals surface area contributed by atoms with Crippen LogP contribution in [-0.4, -0.2) is 42.1 Å². The third-order valence-corrected chi connectivity index (χ3v) is 3.17. The quantitative estimate of drug-likeness (QED) is 0.700. The first-order valence-electron chi connectivity index (χ1n) is 5.40. The first kappa shape index (κ1) is 9.93. The number of ether oxygens (including phenoxy) is 1. The van der Waals surface area contributed by atoms with Gasteiger partial charge in [-0.25, -0.2) is 0 Å². The predicted molar refractivity (Wildman–Crippen MR) is 52.7 cm³/mol. The second-order valence-electron chi connectivity index (χ2n) is 4.07. The minimum atomic E-state index is 0.119. The lowest BCUT2D eigenvalue weighted by atomic mass is 9.82. The molecule has 4 nitrogen and oxygen atoms in total. The van der Waals surface area contributed by atoms with Gasteiger partial charge >= 0.3 is 0 Å². The van der Waals surface area contributed by atoms with Crippen LogP contribution >= 0.6 is 0 Å². The van der Waals surface area contributed by atoms with Crippen molar-refractivity contribution in [3.05, 3.63) is 0 Å². The number of amides is 1. The fraction of sp³-hybridized carbons (Fsp3) is 0.900. The van der Waals surface area contributed by atoms with Crippen LogP contribution in [0.1, 0.15) is 26.2 Å². The summed E-state index contributed by atoms with van der Waals surface area (Å²) >= 11 is 0. The van der Waals surface area contributed by atoms with Crippen molar-refractivity contribution < 1.29 is 9.53 Å². The zero-order valence-electron chi connectivity index (χ0n) is 8.61. The number of nitrogens with two attached hydrogens (primary N) is 1. The molecule has 3 unspecified atom stereocenters. The SMILES string of the molecule is CCOC1CC(N)C1N1CCCC1=O. The maximum atomic E-state index is 11.5. The third-order valence-electron chi connectivity index (χ3n) is 3.17. The van der Waals surface area contributed by atoms with Gasteiger partial charge in [0.15, 0.2) is 0 Å². The van der Waals surface area contributed by atoms with Crippen molar-refractivity contribution in [3.8, 4) is 0 Å². The third kappa shape index (κ3) is 1.53. The molecule has 0 radical (unpaired) electrons. The highest BCUT2D eigenvalue weighted by molar-refractivity contribution is 5.78. The van der Waals surface area contributed by atoms with E-state index in [1.54, 1.807) is 0 Å². The van der Waals surface area contributed by atoms with E-state index in [0.29, 0.717) is 13.0 Å². The van der Waals surface area contributed by atoms with Crippen molar-refractivity contribution in [1.29, 1.82) is 0 Å². The minimum Gasteiger partial charge on any atom is -0.376 e. The summed E-state index contributed by atoms with van der Waals surface area (Å²) in [4.78, 5) is 13.4. The monoisotopic (exact) mass is 198 g/mol. The van der Waals surface area contributed by atoms with Gasteiger partial charge in [0.05, 0.1) is 12.1 Å². The Bertz CT molecular complexity index is 230. The van der Waals surface area contributed by atoms with Crippen LogP contribution in [0.2, 0.25) is 0 Å². The molecule has 2 N–H and O–H groups in total. The Kier molecular flexibility index (Phi) is 2.74. The van der Waals surface area contributed by atoms with Gasteiger partial charge in [-0.05, 0) is 19.8 Å². The molecular formula is C10H18N2O2. The molecule has 1 heterocycles. The van der Waals surface area contributed by atoms with E-state index < -0.39 is 0 Å². The lowest BCUT2D eigenvalue weighted by molar-refractivity contribution is -0.140. The van der Waals surface area contributed by atoms with Crippen molar-refractivity contribution in [2.45, 2.75) is 44.4 Å². The lowest BCUT2D eigenvalue weighted by Gasteiger charge is -2.47. The van der Waals surface area contributed by atoms with Crippen molar-refractivity contribution in [2.75, 3.05) is 13.2 Å². The number of carbonyl (C=O) groups excluding carboxylic acids is 1. The van der Waals surface area contributed by atoms with Crippen molar-refractivity contribution in [3.63, 3.8) is 0 Å². The van der Waals surface area contributed by atoms with Gasteiger partial charge in [0.1, 0.15) is 0 Å². The van der Waals surface area contributed by atoms with Crippen LogP contribution in [0.4, 0.5) is 0 Å². The van der Waals surface area contributed by atoms with E-state index in [9.17, 15) is 4.79 Å². The van der Waals surface area contributed by atoms with Gasteiger partial charge in [0.25, 0.3) is 0 Å². The molecule has 1 aliphatic heterocycles. The summed E-state index contributed by atoms with van der Waals surface area (Å²) in [5.74, 6) is 0.245. The Hall–Kier alpha value is -0.610. The molecule has 0 bridgehead atoms. The zero-order chi connectivity index (χ0) is 10.1. The summed E-state index contributed by atoms with van der Waals surface area (Å²) in [6, 6.07) is 0.263. The van der Waals surface area contributed by atoms with Crippen LogP contribution in [0.3, 0.4) is 0 Å². The van der Waals surface area contributed by atoms with E-state index in [-0.39, 0.29) is 24.1 Å². The lowest BCUT2D eigenvalue weighted by Crippen LogP contribution is -2.65. The Morgan fingerprint density at radius 1 is 1.64 bits per heavy atom. The highest BCUT2D eigenvalue weighted by Crippen LogP contribution is 2.30. The topological polar surface area (TPSA) is 55.6 Å². The number of likely N-dealkylation sites (tertiary alicyclic amines) is 1. The number of nitrogens with zero attached hydrogens (tertiary/aromatic N) is 1. The fourth-order valence-electron chi connectivity index (χ4n) is 2.42. The molecule has 0 aromatic carbocycles. The molecule has 80 valence electrons. The maximum absolute atomic E-state index is 11.5. The van der Waals surface area contributed by atoms with E-state index in [1.165, 1.54) is 0 Å². The van der Waals surface area contributed by atoms with Crippen LogP contribution in [0.25, 0.3) is 0 Å². The number of rotatable bonds is 3. The Morgan fingerprint density at radius 2 is 2.43 bits per heavy atom. The van der Waals surface area contributed by atoms with E-state index >= 15 is 0 Å². The second-order valence-corrected chi connectivity index (χ2v) is 4.07. The molecule has 2 aliphatic rings. The molecule has 0 spiro atoms. The molecule has 1 saturated carbocycles. The van der Waals surface area contributed by atoms with Crippen LogP contribution < -0.4 is 5.73 Å². The molecule has 4 heteroatoms. The van der Waals surface area contributed by atoms with E-state index in [0.717, 1.165) is 19.4 Å². The average molecular weight is 198 g/mol. The summed E-state index contributed by atoms with van der Waals surface area (Å²) in [5, 5.41) is 0. The molecule has 0 aromatic rings. The highest BCUT2D eigenvalue weighted by atomic mass is 16.5. The molecule has 3 atom stereocenters. The smallest absolute Gasteiger partial charge is 0.223 e. The summed E-state index contributed by atoms with van der Waals surface area (Å²) in [6.45, 7) is 3.55. The minimum absolute atomic E-state index is 0.119. The fourth-order valence-corrected chi connectivity index (χ4v) is 2.42. The maximum Gasteiger partial charge on any atom is 0.223 e. The van der Waals surface area contributed by atoms with E-state index in [2.05, 4.69) is 0 Å². The van der Waals surface area contributed by atoms with Gasteiger partial charge in [0.2, 0.25) is 5.91 Å². The number of hydrogen-bond acceptors (Lipinski definition) is 3. The van der Waals surface area contributed by atoms with Crippen molar-refractivity contribution >= 4 is 5.91 Å². The first-order valence-corrected chi connectivity index (χ1v) is 5.40. The first-order chi connectivity index (χ1) is 6.74.